The summed E-state index contributed by atoms with van der Waals surface area (Å²) in [6.45, 7) is 0. The normalized spacial score (nSPS) is 11.8. The standard InChI is InChI=1S/C18H8ClF8NO2/c1-3-8-6-9(17(22,23)24)7-10(18(25,26)27)15(8)30-16(29)28(2)12-5-4-11(20)13(19)14(12)21/h1,4-7H,2H3. The van der Waals surface area contributed by atoms with Crippen LogP contribution in [-0.2, 0) is 12.4 Å². The Bertz CT molecular complexity index is 1040. The molecule has 30 heavy (non-hydrogen) atoms. The molecule has 2 rings (SSSR count). The molecule has 0 fully saturated rings. The van der Waals surface area contributed by atoms with Crippen molar-refractivity contribution in [2.75, 3.05) is 11.9 Å². The molecule has 0 heterocycles. The Morgan fingerprint density at radius 2 is 1.70 bits per heavy atom. The molecule has 0 N–H and O–H groups in total. The van der Waals surface area contributed by atoms with E-state index in [0.29, 0.717) is 11.0 Å². The van der Waals surface area contributed by atoms with Gasteiger partial charge >= 0.3 is 18.4 Å². The van der Waals surface area contributed by atoms with Crippen molar-refractivity contribution in [1.82, 2.24) is 0 Å². The fraction of sp³-hybridized carbons (Fsp3) is 0.167. The van der Waals surface area contributed by atoms with Crippen molar-refractivity contribution in [3.63, 3.8) is 0 Å². The predicted molar refractivity (Wildman–Crippen MR) is 90.2 cm³/mol. The maximum absolute atomic E-state index is 14.1. The summed E-state index contributed by atoms with van der Waals surface area (Å²) in [5, 5.41) is -0.998. The number of anilines is 1. The lowest BCUT2D eigenvalue weighted by atomic mass is 10.0. The molecule has 0 unspecified atom stereocenters. The fourth-order valence-corrected chi connectivity index (χ4v) is 2.41. The van der Waals surface area contributed by atoms with Gasteiger partial charge in [-0.25, -0.2) is 13.6 Å². The lowest BCUT2D eigenvalue weighted by Gasteiger charge is -2.21. The van der Waals surface area contributed by atoms with Gasteiger partial charge in [0.1, 0.15) is 16.4 Å². The minimum atomic E-state index is -5.38. The molecule has 0 bridgehead atoms. The Morgan fingerprint density at radius 1 is 1.10 bits per heavy atom. The highest BCUT2D eigenvalue weighted by Gasteiger charge is 2.41. The van der Waals surface area contributed by atoms with Gasteiger partial charge in [0.2, 0.25) is 0 Å². The number of carbonyl (C=O) groups excluding carboxylic acids is 1. The minimum absolute atomic E-state index is 0.188. The maximum atomic E-state index is 14.1. The van der Waals surface area contributed by atoms with Crippen molar-refractivity contribution in [3.05, 3.63) is 57.6 Å². The van der Waals surface area contributed by atoms with E-state index in [1.807, 2.05) is 0 Å². The second-order valence-electron chi connectivity index (χ2n) is 5.66. The molecule has 0 spiro atoms. The largest absolute Gasteiger partial charge is 0.420 e. The highest BCUT2D eigenvalue weighted by atomic mass is 35.5. The molecule has 2 aromatic carbocycles. The Balaban J connectivity index is 2.55. The van der Waals surface area contributed by atoms with Crippen LogP contribution in [0.4, 0.5) is 45.6 Å². The number of amides is 1. The molecule has 0 atom stereocenters. The van der Waals surface area contributed by atoms with Gasteiger partial charge in [-0.15, -0.1) is 6.42 Å². The summed E-state index contributed by atoms with van der Waals surface area (Å²) in [6, 6.07) is 1.33. The van der Waals surface area contributed by atoms with E-state index in [1.54, 1.807) is 5.92 Å². The molecule has 0 aliphatic rings. The molecule has 0 aromatic heterocycles. The van der Waals surface area contributed by atoms with Crippen molar-refractivity contribution >= 4 is 23.4 Å². The molecule has 3 nitrogen and oxygen atoms in total. The van der Waals surface area contributed by atoms with Crippen LogP contribution in [0.2, 0.25) is 5.02 Å². The van der Waals surface area contributed by atoms with Crippen molar-refractivity contribution < 1.29 is 44.7 Å². The fourth-order valence-electron chi connectivity index (χ4n) is 2.25. The minimum Gasteiger partial charge on any atom is -0.408 e. The van der Waals surface area contributed by atoms with Crippen LogP contribution in [0.15, 0.2) is 24.3 Å². The summed E-state index contributed by atoms with van der Waals surface area (Å²) in [5.41, 5.74) is -5.37. The van der Waals surface area contributed by atoms with E-state index in [-0.39, 0.29) is 12.1 Å². The number of terminal acetylenes is 1. The molecule has 2 aromatic rings. The molecule has 0 saturated carbocycles. The zero-order chi connectivity index (χ0) is 23.0. The third kappa shape index (κ3) is 4.59. The van der Waals surface area contributed by atoms with Crippen LogP contribution in [0.25, 0.3) is 0 Å². The zero-order valence-corrected chi connectivity index (χ0v) is 15.3. The molecule has 160 valence electrons. The summed E-state index contributed by atoms with van der Waals surface area (Å²) in [4.78, 5) is 12.6. The van der Waals surface area contributed by atoms with E-state index in [4.69, 9.17) is 18.0 Å². The number of ether oxygens (including phenoxy) is 1. The number of carbonyl (C=O) groups is 1. The molecule has 0 aliphatic carbocycles. The molecular weight excluding hydrogens is 450 g/mol. The van der Waals surface area contributed by atoms with Crippen molar-refractivity contribution in [3.8, 4) is 18.1 Å². The van der Waals surface area contributed by atoms with E-state index in [9.17, 15) is 39.9 Å². The molecule has 0 saturated heterocycles. The number of benzene rings is 2. The highest BCUT2D eigenvalue weighted by molar-refractivity contribution is 6.31. The molecular formula is C18H8ClF8NO2. The smallest absolute Gasteiger partial charge is 0.408 e. The SMILES string of the molecule is C#Cc1cc(C(F)(F)F)cc(C(F)(F)F)c1OC(=O)N(C)c1ccc(F)c(Cl)c1F. The van der Waals surface area contributed by atoms with Gasteiger partial charge in [0.15, 0.2) is 11.6 Å². The van der Waals surface area contributed by atoms with Crippen LogP contribution in [0, 0.1) is 24.0 Å². The summed E-state index contributed by atoms with van der Waals surface area (Å²) in [6.07, 6.45) is -7.22. The van der Waals surface area contributed by atoms with Crippen LogP contribution >= 0.6 is 11.6 Å². The molecule has 12 heteroatoms. The lowest BCUT2D eigenvalue weighted by Crippen LogP contribution is -2.31. The lowest BCUT2D eigenvalue weighted by molar-refractivity contribution is -0.143. The molecule has 0 aliphatic heterocycles. The number of nitrogens with zero attached hydrogens (tertiary/aromatic N) is 1. The summed E-state index contributed by atoms with van der Waals surface area (Å²) >= 11 is 5.37. The zero-order valence-electron chi connectivity index (χ0n) is 14.6. The van der Waals surface area contributed by atoms with E-state index in [1.165, 1.54) is 0 Å². The number of halogens is 9. The second kappa shape index (κ2) is 8.02. The first-order chi connectivity index (χ1) is 13.7. The van der Waals surface area contributed by atoms with E-state index in [2.05, 4.69) is 4.74 Å². The van der Waals surface area contributed by atoms with E-state index >= 15 is 0 Å². The molecule has 0 radical (unpaired) electrons. The maximum Gasteiger partial charge on any atom is 0.420 e. The average molecular weight is 458 g/mol. The van der Waals surface area contributed by atoms with Gasteiger partial charge in [0, 0.05) is 7.05 Å². The first-order valence-corrected chi connectivity index (χ1v) is 7.94. The number of hydrogen-bond donors (Lipinski definition) is 0. The number of hydrogen-bond acceptors (Lipinski definition) is 2. The summed E-state index contributed by atoms with van der Waals surface area (Å²) in [5.74, 6) is -2.38. The quantitative estimate of drug-likeness (QED) is 0.302. The van der Waals surface area contributed by atoms with Crippen molar-refractivity contribution in [2.24, 2.45) is 0 Å². The summed E-state index contributed by atoms with van der Waals surface area (Å²) < 4.78 is 110. The third-order valence-corrected chi connectivity index (χ3v) is 4.06. The first kappa shape index (κ1) is 23.3. The van der Waals surface area contributed by atoms with Gasteiger partial charge < -0.3 is 4.74 Å². The van der Waals surface area contributed by atoms with Crippen LogP contribution in [-0.4, -0.2) is 13.1 Å². The second-order valence-corrected chi connectivity index (χ2v) is 6.04. The number of alkyl halides is 6. The molecule has 1 amide bonds. The third-order valence-electron chi connectivity index (χ3n) is 3.72. The van der Waals surface area contributed by atoms with Gasteiger partial charge in [-0.3, -0.25) is 4.90 Å². The van der Waals surface area contributed by atoms with Crippen LogP contribution < -0.4 is 9.64 Å². The Kier molecular flexibility index (Phi) is 6.23. The Hall–Kier alpha value is -3.00. The van der Waals surface area contributed by atoms with E-state index in [0.717, 1.165) is 13.1 Å². The van der Waals surface area contributed by atoms with Crippen LogP contribution in [0.5, 0.6) is 5.75 Å². The summed E-state index contributed by atoms with van der Waals surface area (Å²) in [7, 11) is 0.849. The van der Waals surface area contributed by atoms with Crippen LogP contribution in [0.3, 0.4) is 0 Å². The monoisotopic (exact) mass is 457 g/mol. The highest BCUT2D eigenvalue weighted by Crippen LogP contribution is 2.42. The van der Waals surface area contributed by atoms with Gasteiger partial charge in [0.05, 0.1) is 16.8 Å². The number of rotatable bonds is 2. The topological polar surface area (TPSA) is 29.5 Å². The van der Waals surface area contributed by atoms with Gasteiger partial charge in [-0.05, 0) is 24.3 Å². The van der Waals surface area contributed by atoms with Crippen molar-refractivity contribution in [1.29, 1.82) is 0 Å². The van der Waals surface area contributed by atoms with E-state index < -0.39 is 63.2 Å². The Morgan fingerprint density at radius 3 is 2.20 bits per heavy atom. The first-order valence-electron chi connectivity index (χ1n) is 7.56. The average Bonchev–Trinajstić information content (AvgIpc) is 2.63. The van der Waals surface area contributed by atoms with Crippen LogP contribution in [0.1, 0.15) is 16.7 Å². The van der Waals surface area contributed by atoms with Gasteiger partial charge in [0.25, 0.3) is 0 Å². The Labute approximate surface area is 168 Å². The predicted octanol–water partition coefficient (Wildman–Crippen LogP) is 6.27. The van der Waals surface area contributed by atoms with Gasteiger partial charge in [-0.2, -0.15) is 26.3 Å². The van der Waals surface area contributed by atoms with Gasteiger partial charge in [-0.1, -0.05) is 17.5 Å². The van der Waals surface area contributed by atoms with Crippen molar-refractivity contribution in [2.45, 2.75) is 12.4 Å².